The highest BCUT2D eigenvalue weighted by molar-refractivity contribution is 7.20. The van der Waals surface area contributed by atoms with Crippen LogP contribution in [0.1, 0.15) is 28.6 Å². The lowest BCUT2D eigenvalue weighted by Crippen LogP contribution is -2.24. The largest absolute Gasteiger partial charge is 0.407 e. The molecule has 3 heterocycles. The van der Waals surface area contributed by atoms with Crippen molar-refractivity contribution >= 4 is 58.1 Å². The van der Waals surface area contributed by atoms with E-state index in [1.807, 2.05) is 30.3 Å². The van der Waals surface area contributed by atoms with Crippen molar-refractivity contribution in [1.29, 1.82) is 0 Å². The second-order valence-corrected chi connectivity index (χ2v) is 8.16. The summed E-state index contributed by atoms with van der Waals surface area (Å²) >= 11 is 12.9. The van der Waals surface area contributed by atoms with Crippen LogP contribution in [0.5, 0.6) is 0 Å². The number of thiophene rings is 1. The Morgan fingerprint density at radius 2 is 2.04 bits per heavy atom. The van der Waals surface area contributed by atoms with Gasteiger partial charge >= 0.3 is 6.01 Å². The van der Waals surface area contributed by atoms with Crippen LogP contribution < -0.4 is 10.2 Å². The molecule has 0 bridgehead atoms. The van der Waals surface area contributed by atoms with E-state index in [0.717, 1.165) is 17.0 Å². The highest BCUT2D eigenvalue weighted by Gasteiger charge is 2.35. The number of amides is 2. The summed E-state index contributed by atoms with van der Waals surface area (Å²) in [7, 11) is 0. The lowest BCUT2D eigenvalue weighted by atomic mass is 10.1. The molecule has 1 aliphatic heterocycles. The van der Waals surface area contributed by atoms with E-state index < -0.39 is 5.91 Å². The molecule has 0 spiro atoms. The Balaban J connectivity index is 1.46. The highest BCUT2D eigenvalue weighted by atomic mass is 35.5. The van der Waals surface area contributed by atoms with Gasteiger partial charge in [-0.05, 0) is 18.2 Å². The average molecular weight is 423 g/mol. The molecular weight excluding hydrogens is 411 g/mol. The van der Waals surface area contributed by atoms with Gasteiger partial charge in [0.1, 0.15) is 4.34 Å². The third-order valence-electron chi connectivity index (χ3n) is 4.10. The summed E-state index contributed by atoms with van der Waals surface area (Å²) in [4.78, 5) is 26.2. The Morgan fingerprint density at radius 3 is 2.74 bits per heavy atom. The van der Waals surface area contributed by atoms with Crippen molar-refractivity contribution in [1.82, 2.24) is 10.2 Å². The molecule has 0 aliphatic carbocycles. The van der Waals surface area contributed by atoms with Crippen LogP contribution >= 0.6 is 34.5 Å². The molecule has 138 valence electrons. The molecule has 2 amide bonds. The molecule has 1 N–H and O–H groups in total. The van der Waals surface area contributed by atoms with E-state index in [9.17, 15) is 9.59 Å². The normalized spacial score (nSPS) is 16.7. The van der Waals surface area contributed by atoms with Crippen LogP contribution in [0.3, 0.4) is 0 Å². The molecule has 1 aliphatic rings. The van der Waals surface area contributed by atoms with Crippen molar-refractivity contribution in [2.75, 3.05) is 16.8 Å². The summed E-state index contributed by atoms with van der Waals surface area (Å²) in [5.41, 5.74) is 1.06. The Hall–Kier alpha value is -2.42. The van der Waals surface area contributed by atoms with E-state index in [-0.39, 0.29) is 34.2 Å². The van der Waals surface area contributed by atoms with Crippen LogP contribution in [0, 0.1) is 0 Å². The molecule has 1 saturated heterocycles. The fourth-order valence-electron chi connectivity index (χ4n) is 2.84. The second-order valence-electron chi connectivity index (χ2n) is 5.88. The number of hydrogen-bond donors (Lipinski definition) is 1. The van der Waals surface area contributed by atoms with Crippen LogP contribution in [0.15, 0.2) is 40.8 Å². The van der Waals surface area contributed by atoms with Crippen molar-refractivity contribution in [2.24, 2.45) is 0 Å². The lowest BCUT2D eigenvalue weighted by molar-refractivity contribution is -0.117. The van der Waals surface area contributed by atoms with Crippen LogP contribution in [-0.2, 0) is 4.79 Å². The minimum atomic E-state index is -0.494. The van der Waals surface area contributed by atoms with Gasteiger partial charge in [-0.15, -0.1) is 16.4 Å². The smallest absolute Gasteiger partial charge is 0.322 e. The monoisotopic (exact) mass is 422 g/mol. The molecule has 0 saturated carbocycles. The van der Waals surface area contributed by atoms with Gasteiger partial charge in [0.25, 0.3) is 5.91 Å². The molecule has 1 fully saturated rings. The summed E-state index contributed by atoms with van der Waals surface area (Å²) < 4.78 is 6.21. The maximum absolute atomic E-state index is 12.3. The zero-order valence-electron chi connectivity index (χ0n) is 13.7. The molecule has 7 nitrogen and oxygen atoms in total. The van der Waals surface area contributed by atoms with Gasteiger partial charge in [0.05, 0.1) is 15.8 Å². The first kappa shape index (κ1) is 18.0. The highest BCUT2D eigenvalue weighted by Crippen LogP contribution is 2.33. The first-order chi connectivity index (χ1) is 13.0. The maximum Gasteiger partial charge on any atom is 0.322 e. The first-order valence-electron chi connectivity index (χ1n) is 7.96. The molecular formula is C17H12Cl2N4O3S. The van der Waals surface area contributed by atoms with E-state index in [2.05, 4.69) is 15.5 Å². The SMILES string of the molecule is O=C(Nc1nnc(C2CC(=O)N(c3ccccc3)C2)o1)c1cc(Cl)sc1Cl. The number of para-hydroxylation sites is 1. The number of hydrogen-bond acceptors (Lipinski definition) is 6. The standard InChI is InChI=1S/C17H12Cl2N4O3S/c18-12-7-11(14(19)27-12)15(25)20-17-22-21-16(26-17)9-6-13(24)23(8-9)10-4-2-1-3-5-10/h1-5,7,9H,6,8H2,(H,20,22,25). The van der Waals surface area contributed by atoms with Gasteiger partial charge in [0.2, 0.25) is 11.8 Å². The number of rotatable bonds is 4. The number of nitrogens with zero attached hydrogens (tertiary/aromatic N) is 3. The van der Waals surface area contributed by atoms with Crippen LogP contribution in [0.2, 0.25) is 8.67 Å². The quantitative estimate of drug-likeness (QED) is 0.679. The Labute approximate surface area is 167 Å². The van der Waals surface area contributed by atoms with Crippen molar-refractivity contribution < 1.29 is 14.0 Å². The van der Waals surface area contributed by atoms with Crippen LogP contribution in [0.4, 0.5) is 11.7 Å². The van der Waals surface area contributed by atoms with Crippen molar-refractivity contribution in [3.8, 4) is 0 Å². The van der Waals surface area contributed by atoms with Crippen LogP contribution in [-0.4, -0.2) is 28.6 Å². The summed E-state index contributed by atoms with van der Waals surface area (Å²) in [5, 5.41) is 10.3. The summed E-state index contributed by atoms with van der Waals surface area (Å²) in [6.07, 6.45) is 0.260. The number of benzene rings is 1. The van der Waals surface area contributed by atoms with E-state index in [4.69, 9.17) is 27.6 Å². The average Bonchev–Trinajstić information content (AvgIpc) is 3.34. The van der Waals surface area contributed by atoms with Gasteiger partial charge < -0.3 is 9.32 Å². The zero-order valence-corrected chi connectivity index (χ0v) is 16.0. The third kappa shape index (κ3) is 3.69. The van der Waals surface area contributed by atoms with E-state index in [1.54, 1.807) is 4.90 Å². The molecule has 10 heteroatoms. The molecule has 4 rings (SSSR count). The molecule has 2 aromatic heterocycles. The Kier molecular flexibility index (Phi) is 4.86. The maximum atomic E-state index is 12.3. The molecule has 1 aromatic carbocycles. The van der Waals surface area contributed by atoms with E-state index in [0.29, 0.717) is 16.8 Å². The fourth-order valence-corrected chi connectivity index (χ4v) is 4.30. The van der Waals surface area contributed by atoms with E-state index in [1.165, 1.54) is 6.07 Å². The van der Waals surface area contributed by atoms with Gasteiger partial charge in [-0.25, -0.2) is 0 Å². The molecule has 27 heavy (non-hydrogen) atoms. The number of halogens is 2. The molecule has 1 unspecified atom stereocenters. The Morgan fingerprint density at radius 1 is 1.26 bits per heavy atom. The van der Waals surface area contributed by atoms with Gasteiger partial charge in [0.15, 0.2) is 0 Å². The number of carbonyl (C=O) groups excluding carboxylic acids is 2. The lowest BCUT2D eigenvalue weighted by Gasteiger charge is -2.15. The zero-order chi connectivity index (χ0) is 19.0. The summed E-state index contributed by atoms with van der Waals surface area (Å²) in [6, 6.07) is 10.8. The van der Waals surface area contributed by atoms with E-state index >= 15 is 0 Å². The summed E-state index contributed by atoms with van der Waals surface area (Å²) in [5.74, 6) is -0.456. The second kappa shape index (κ2) is 7.30. The predicted octanol–water partition coefficient (Wildman–Crippen LogP) is 4.21. The molecule has 1 atom stereocenters. The number of anilines is 2. The van der Waals surface area contributed by atoms with Gasteiger partial charge in [-0.1, -0.05) is 46.5 Å². The minimum Gasteiger partial charge on any atom is -0.407 e. The number of carbonyl (C=O) groups is 2. The molecule has 3 aromatic rings. The number of aromatic nitrogens is 2. The van der Waals surface area contributed by atoms with Gasteiger partial charge in [-0.3, -0.25) is 14.9 Å². The Bertz CT molecular complexity index is 1000. The summed E-state index contributed by atoms with van der Waals surface area (Å²) in [6.45, 7) is 0.435. The van der Waals surface area contributed by atoms with Crippen molar-refractivity contribution in [3.05, 3.63) is 56.5 Å². The third-order valence-corrected chi connectivity index (χ3v) is 5.59. The fraction of sp³-hybridized carbons (Fsp3) is 0.176. The topological polar surface area (TPSA) is 88.3 Å². The predicted molar refractivity (Wildman–Crippen MR) is 103 cm³/mol. The minimum absolute atomic E-state index is 0.0188. The van der Waals surface area contributed by atoms with Crippen molar-refractivity contribution in [2.45, 2.75) is 12.3 Å². The van der Waals surface area contributed by atoms with Crippen molar-refractivity contribution in [3.63, 3.8) is 0 Å². The number of nitrogens with one attached hydrogen (secondary N) is 1. The van der Waals surface area contributed by atoms with Gasteiger partial charge in [0, 0.05) is 18.7 Å². The molecule has 0 radical (unpaired) electrons. The first-order valence-corrected chi connectivity index (χ1v) is 9.53. The van der Waals surface area contributed by atoms with Gasteiger partial charge in [-0.2, -0.15) is 0 Å². The van der Waals surface area contributed by atoms with Crippen LogP contribution in [0.25, 0.3) is 0 Å².